The fourth-order valence-electron chi connectivity index (χ4n) is 12.2. The summed E-state index contributed by atoms with van der Waals surface area (Å²) in [6.45, 7) is 6.76. The molecule has 0 bridgehead atoms. The summed E-state index contributed by atoms with van der Waals surface area (Å²) in [6, 6.07) is 0. The highest BCUT2D eigenvalue weighted by Crippen LogP contribution is 2.20. The van der Waals surface area contributed by atoms with Crippen molar-refractivity contribution in [1.29, 1.82) is 0 Å². The van der Waals surface area contributed by atoms with Gasteiger partial charge in [0, 0.05) is 19.3 Å². The molecule has 0 aliphatic carbocycles. The van der Waals surface area contributed by atoms with E-state index >= 15 is 0 Å². The van der Waals surface area contributed by atoms with E-state index in [0.29, 0.717) is 19.3 Å². The van der Waals surface area contributed by atoms with Gasteiger partial charge in [0.2, 0.25) is 0 Å². The smallest absolute Gasteiger partial charge is 0.306 e. The summed E-state index contributed by atoms with van der Waals surface area (Å²) >= 11 is 0. The Labute approximate surface area is 514 Å². The van der Waals surface area contributed by atoms with E-state index in [0.717, 1.165) is 57.8 Å². The lowest BCUT2D eigenvalue weighted by molar-refractivity contribution is -0.167. The van der Waals surface area contributed by atoms with Crippen LogP contribution in [0.2, 0.25) is 0 Å². The second-order valence-electron chi connectivity index (χ2n) is 26.3. The van der Waals surface area contributed by atoms with Gasteiger partial charge < -0.3 is 14.2 Å². The molecule has 6 nitrogen and oxygen atoms in total. The molecule has 0 saturated carbocycles. The fourth-order valence-corrected chi connectivity index (χ4v) is 12.2. The highest BCUT2D eigenvalue weighted by molar-refractivity contribution is 5.71. The highest BCUT2D eigenvalue weighted by Gasteiger charge is 2.20. The summed E-state index contributed by atoms with van der Waals surface area (Å²) in [7, 11) is 0. The van der Waals surface area contributed by atoms with Crippen LogP contribution in [0, 0.1) is 0 Å². The lowest BCUT2D eigenvalue weighted by Gasteiger charge is -2.18. The number of carbonyl (C=O) groups is 3. The van der Waals surface area contributed by atoms with Crippen LogP contribution < -0.4 is 0 Å². The van der Waals surface area contributed by atoms with E-state index in [1.165, 1.54) is 353 Å². The van der Waals surface area contributed by atoms with Gasteiger partial charge in [-0.2, -0.15) is 0 Å². The molecule has 0 aromatic rings. The van der Waals surface area contributed by atoms with Crippen molar-refractivity contribution in [3.05, 3.63) is 0 Å². The topological polar surface area (TPSA) is 78.9 Å². The Kier molecular flexibility index (Phi) is 70.5. The van der Waals surface area contributed by atoms with Gasteiger partial charge in [0.1, 0.15) is 13.2 Å². The predicted molar refractivity (Wildman–Crippen MR) is 358 cm³/mol. The van der Waals surface area contributed by atoms with Crippen molar-refractivity contribution in [1.82, 2.24) is 0 Å². The van der Waals surface area contributed by atoms with E-state index in [4.69, 9.17) is 14.2 Å². The van der Waals surface area contributed by atoms with Gasteiger partial charge in [-0.15, -0.1) is 0 Å². The minimum Gasteiger partial charge on any atom is -0.462 e. The van der Waals surface area contributed by atoms with Gasteiger partial charge >= 0.3 is 17.9 Å². The molecule has 1 unspecified atom stereocenters. The van der Waals surface area contributed by atoms with Crippen molar-refractivity contribution in [2.24, 2.45) is 0 Å². The Bertz CT molecular complexity index is 1240. The van der Waals surface area contributed by atoms with Crippen LogP contribution in [0.4, 0.5) is 0 Å². The van der Waals surface area contributed by atoms with Gasteiger partial charge in [-0.05, 0) is 19.3 Å². The Morgan fingerprint density at radius 2 is 0.329 bits per heavy atom. The van der Waals surface area contributed by atoms with E-state index in [-0.39, 0.29) is 31.1 Å². The maximum absolute atomic E-state index is 13.0. The lowest BCUT2D eigenvalue weighted by Crippen LogP contribution is -2.30. The summed E-state index contributed by atoms with van der Waals surface area (Å²) in [5.74, 6) is -0.815. The monoisotopic (exact) mass is 1160 g/mol. The molecular formula is C76H148O6. The molecule has 488 valence electrons. The van der Waals surface area contributed by atoms with Crippen LogP contribution in [-0.2, 0) is 28.6 Å². The molecule has 0 aromatic carbocycles. The molecule has 0 N–H and O–H groups in total. The maximum atomic E-state index is 13.0. The number of carbonyl (C=O) groups excluding carboxylic acids is 3. The average molecular weight is 1160 g/mol. The third-order valence-electron chi connectivity index (χ3n) is 17.9. The molecule has 0 aliphatic rings. The van der Waals surface area contributed by atoms with E-state index in [1.807, 2.05) is 0 Å². The molecule has 0 saturated heterocycles. The zero-order chi connectivity index (χ0) is 59.2. The molecule has 0 radical (unpaired) electrons. The molecule has 0 aromatic heterocycles. The van der Waals surface area contributed by atoms with Gasteiger partial charge in [0.15, 0.2) is 6.10 Å². The van der Waals surface area contributed by atoms with Crippen LogP contribution in [0.25, 0.3) is 0 Å². The molecule has 6 heteroatoms. The van der Waals surface area contributed by atoms with Crippen LogP contribution >= 0.6 is 0 Å². The standard InChI is InChI=1S/C76H148O6/c1-4-7-10-13-16-19-22-25-28-30-32-34-36-37-38-39-40-42-43-45-48-51-54-57-60-63-66-69-75(78)81-72-73(71-80-74(77)68-65-62-59-56-53-50-47-27-24-21-18-15-12-9-6-3)82-76(79)70-67-64-61-58-55-52-49-46-44-41-35-33-31-29-26-23-20-17-14-11-8-5-2/h73H,4-72H2,1-3H3. The van der Waals surface area contributed by atoms with Crippen LogP contribution in [0.1, 0.15) is 451 Å². The Balaban J connectivity index is 4.19. The van der Waals surface area contributed by atoms with Crippen LogP contribution in [0.15, 0.2) is 0 Å². The first kappa shape index (κ1) is 80.4. The number of unbranched alkanes of at least 4 members (excludes halogenated alkanes) is 61. The molecular weight excluding hydrogens is 1010 g/mol. The van der Waals surface area contributed by atoms with Crippen LogP contribution in [0.5, 0.6) is 0 Å². The van der Waals surface area contributed by atoms with Gasteiger partial charge in [-0.3, -0.25) is 14.4 Å². The first-order valence-electron chi connectivity index (χ1n) is 38.0. The Hall–Kier alpha value is -1.59. The van der Waals surface area contributed by atoms with Crippen molar-refractivity contribution < 1.29 is 28.6 Å². The first-order chi connectivity index (χ1) is 40.5. The third kappa shape index (κ3) is 69.2. The van der Waals surface area contributed by atoms with E-state index in [9.17, 15) is 14.4 Å². The summed E-state index contributed by atoms with van der Waals surface area (Å²) in [5, 5.41) is 0. The average Bonchev–Trinajstić information content (AvgIpc) is 3.47. The Morgan fingerprint density at radius 1 is 0.195 bits per heavy atom. The van der Waals surface area contributed by atoms with Gasteiger partial charge in [0.25, 0.3) is 0 Å². The predicted octanol–water partition coefficient (Wildman–Crippen LogP) is 26.2. The molecule has 1 atom stereocenters. The lowest BCUT2D eigenvalue weighted by atomic mass is 10.0. The van der Waals surface area contributed by atoms with E-state index in [1.54, 1.807) is 0 Å². The van der Waals surface area contributed by atoms with Crippen molar-refractivity contribution >= 4 is 17.9 Å². The van der Waals surface area contributed by atoms with Gasteiger partial charge in [0.05, 0.1) is 0 Å². The van der Waals surface area contributed by atoms with E-state index < -0.39 is 6.10 Å². The normalized spacial score (nSPS) is 11.9. The quantitative estimate of drug-likeness (QED) is 0.0343. The molecule has 0 fully saturated rings. The molecule has 0 rings (SSSR count). The summed E-state index contributed by atoms with van der Waals surface area (Å²) in [5.41, 5.74) is 0. The molecule has 82 heavy (non-hydrogen) atoms. The number of ether oxygens (including phenoxy) is 3. The third-order valence-corrected chi connectivity index (χ3v) is 17.9. The zero-order valence-electron chi connectivity index (χ0n) is 56.3. The van der Waals surface area contributed by atoms with Gasteiger partial charge in [-0.1, -0.05) is 412 Å². The van der Waals surface area contributed by atoms with Crippen molar-refractivity contribution in [2.45, 2.75) is 457 Å². The number of esters is 3. The molecule has 0 spiro atoms. The Morgan fingerprint density at radius 3 is 0.488 bits per heavy atom. The highest BCUT2D eigenvalue weighted by atomic mass is 16.6. The fraction of sp³-hybridized carbons (Fsp3) is 0.961. The number of hydrogen-bond acceptors (Lipinski definition) is 6. The second-order valence-corrected chi connectivity index (χ2v) is 26.3. The zero-order valence-corrected chi connectivity index (χ0v) is 56.3. The van der Waals surface area contributed by atoms with Crippen LogP contribution in [0.3, 0.4) is 0 Å². The largest absolute Gasteiger partial charge is 0.462 e. The van der Waals surface area contributed by atoms with Gasteiger partial charge in [-0.25, -0.2) is 0 Å². The minimum absolute atomic E-state index is 0.0598. The van der Waals surface area contributed by atoms with Crippen molar-refractivity contribution in [3.63, 3.8) is 0 Å². The second kappa shape index (κ2) is 71.9. The summed E-state index contributed by atoms with van der Waals surface area (Å²) in [4.78, 5) is 38.5. The van der Waals surface area contributed by atoms with Crippen molar-refractivity contribution in [3.8, 4) is 0 Å². The molecule has 0 aliphatic heterocycles. The number of rotatable bonds is 72. The SMILES string of the molecule is CCCCCCCCCCCCCCCCCCCCCCCCCCCCCC(=O)OCC(COC(=O)CCCCCCCCCCCCCCCCC)OC(=O)CCCCCCCCCCCCCCCCCCCCCCCC. The summed E-state index contributed by atoms with van der Waals surface area (Å²) in [6.07, 6.45) is 85.8. The molecule has 0 amide bonds. The van der Waals surface area contributed by atoms with Crippen LogP contribution in [-0.4, -0.2) is 37.2 Å². The number of hydrogen-bond donors (Lipinski definition) is 0. The van der Waals surface area contributed by atoms with E-state index in [2.05, 4.69) is 20.8 Å². The minimum atomic E-state index is -0.764. The molecule has 0 heterocycles. The maximum Gasteiger partial charge on any atom is 0.306 e. The first-order valence-corrected chi connectivity index (χ1v) is 38.0. The summed E-state index contributed by atoms with van der Waals surface area (Å²) < 4.78 is 17.1. The van der Waals surface area contributed by atoms with Crippen molar-refractivity contribution in [2.75, 3.05) is 13.2 Å².